The molecule has 1 N–H and O–H groups in total. The molecule has 3 heteroatoms. The first-order valence-electron chi connectivity index (χ1n) is 10.5. The number of aliphatic imine (C=N–C) groups is 1. The zero-order valence-electron chi connectivity index (χ0n) is 16.5. The van der Waals surface area contributed by atoms with Crippen molar-refractivity contribution in [2.75, 3.05) is 13.2 Å². The van der Waals surface area contributed by atoms with Crippen molar-refractivity contribution in [1.29, 1.82) is 0 Å². The maximum atomic E-state index is 9.87. The number of nitrogens with zero attached hydrogens (tertiary/aromatic N) is 1. The zero-order valence-corrected chi connectivity index (χ0v) is 16.5. The lowest BCUT2D eigenvalue weighted by atomic mass is 10.0. The topological polar surface area (TPSA) is 49.7 Å². The molecule has 0 amide bonds. The van der Waals surface area contributed by atoms with Crippen molar-refractivity contribution in [3.8, 4) is 0 Å². The third-order valence-electron chi connectivity index (χ3n) is 4.19. The Bertz CT molecular complexity index is 250. The second kappa shape index (κ2) is 27.2. The number of aliphatic hydroxyl groups is 1. The van der Waals surface area contributed by atoms with Gasteiger partial charge in [-0.1, -0.05) is 103 Å². The molecule has 0 saturated carbocycles. The molecule has 0 aromatic rings. The Labute approximate surface area is 151 Å². The molecule has 0 saturated heterocycles. The SMILES string of the molecule is CCCCCCCCCCCCCCCCCCN=C=O.CCO. The summed E-state index contributed by atoms with van der Waals surface area (Å²) in [6.07, 6.45) is 23.6. The van der Waals surface area contributed by atoms with Crippen LogP contribution in [0.1, 0.15) is 117 Å². The van der Waals surface area contributed by atoms with Crippen LogP contribution in [0, 0.1) is 0 Å². The van der Waals surface area contributed by atoms with E-state index in [0.717, 1.165) is 6.42 Å². The van der Waals surface area contributed by atoms with Gasteiger partial charge in [0.2, 0.25) is 6.08 Å². The first-order chi connectivity index (χ1) is 11.8. The lowest BCUT2D eigenvalue weighted by molar-refractivity contribution is 0.318. The van der Waals surface area contributed by atoms with Gasteiger partial charge in [-0.25, -0.2) is 9.79 Å². The molecule has 0 aliphatic carbocycles. The number of carbonyl (C=O) groups excluding carboxylic acids is 1. The summed E-state index contributed by atoms with van der Waals surface area (Å²) in [5.74, 6) is 0. The number of aliphatic hydroxyl groups excluding tert-OH is 1. The standard InChI is InChI=1S/C19H37NO.C2H6O/c1-2-3-4-5-6-7-8-9-10-11-12-13-14-15-16-17-18-20-19-21;1-2-3/h2-18H2,1H3;3H,2H2,1H3. The molecule has 0 heterocycles. The van der Waals surface area contributed by atoms with E-state index < -0.39 is 0 Å². The first-order valence-corrected chi connectivity index (χ1v) is 10.5. The minimum Gasteiger partial charge on any atom is -0.397 e. The molecular weight excluding hydrogens is 298 g/mol. The molecule has 0 radical (unpaired) electrons. The average Bonchev–Trinajstić information content (AvgIpc) is 2.58. The lowest BCUT2D eigenvalue weighted by Gasteiger charge is -2.03. The predicted molar refractivity (Wildman–Crippen MR) is 105 cm³/mol. The van der Waals surface area contributed by atoms with Crippen molar-refractivity contribution in [3.63, 3.8) is 0 Å². The van der Waals surface area contributed by atoms with Crippen molar-refractivity contribution in [1.82, 2.24) is 0 Å². The predicted octanol–water partition coefficient (Wildman–Crippen LogP) is 6.58. The van der Waals surface area contributed by atoms with Crippen LogP contribution < -0.4 is 0 Å². The summed E-state index contributed by atoms with van der Waals surface area (Å²) in [6, 6.07) is 0. The summed E-state index contributed by atoms with van der Waals surface area (Å²) >= 11 is 0. The van der Waals surface area contributed by atoms with E-state index in [1.807, 2.05) is 0 Å². The Balaban J connectivity index is 0. The van der Waals surface area contributed by atoms with E-state index in [2.05, 4.69) is 11.9 Å². The molecule has 0 aliphatic rings. The summed E-state index contributed by atoms with van der Waals surface area (Å²) in [4.78, 5) is 13.4. The van der Waals surface area contributed by atoms with Crippen LogP contribution in [-0.4, -0.2) is 24.3 Å². The van der Waals surface area contributed by atoms with Crippen LogP contribution in [0.25, 0.3) is 0 Å². The van der Waals surface area contributed by atoms with Gasteiger partial charge in [0, 0.05) is 6.61 Å². The van der Waals surface area contributed by atoms with Gasteiger partial charge in [-0.15, -0.1) is 0 Å². The molecule has 0 aromatic heterocycles. The third kappa shape index (κ3) is 29.4. The molecular formula is C21H43NO2. The van der Waals surface area contributed by atoms with Gasteiger partial charge in [-0.3, -0.25) is 0 Å². The van der Waals surface area contributed by atoms with Crippen LogP contribution in [0.5, 0.6) is 0 Å². The Hall–Kier alpha value is -0.660. The Morgan fingerprint density at radius 3 is 1.21 bits per heavy atom. The highest BCUT2D eigenvalue weighted by molar-refractivity contribution is 5.32. The van der Waals surface area contributed by atoms with E-state index in [0.29, 0.717) is 6.54 Å². The first kappa shape index (κ1) is 25.6. The van der Waals surface area contributed by atoms with E-state index in [1.165, 1.54) is 96.3 Å². The Kier molecular flexibility index (Phi) is 29.0. The maximum Gasteiger partial charge on any atom is 0.234 e. The van der Waals surface area contributed by atoms with Gasteiger partial charge >= 0.3 is 0 Å². The van der Waals surface area contributed by atoms with Gasteiger partial charge in [0.05, 0.1) is 6.54 Å². The van der Waals surface area contributed by atoms with Crippen molar-refractivity contribution in [2.45, 2.75) is 117 Å². The van der Waals surface area contributed by atoms with Crippen molar-refractivity contribution in [3.05, 3.63) is 0 Å². The quantitative estimate of drug-likeness (QED) is 0.184. The largest absolute Gasteiger partial charge is 0.397 e. The van der Waals surface area contributed by atoms with Crippen LogP contribution in [0.4, 0.5) is 0 Å². The zero-order chi connectivity index (χ0) is 18.1. The Morgan fingerprint density at radius 1 is 0.625 bits per heavy atom. The number of hydrogen-bond donors (Lipinski definition) is 1. The van der Waals surface area contributed by atoms with Gasteiger partial charge in [0.1, 0.15) is 0 Å². The van der Waals surface area contributed by atoms with Crippen LogP contribution >= 0.6 is 0 Å². The molecule has 3 nitrogen and oxygen atoms in total. The fourth-order valence-electron chi connectivity index (χ4n) is 2.78. The smallest absolute Gasteiger partial charge is 0.234 e. The highest BCUT2D eigenvalue weighted by Gasteiger charge is 1.94. The second-order valence-electron chi connectivity index (χ2n) is 6.59. The van der Waals surface area contributed by atoms with Crippen LogP contribution in [-0.2, 0) is 4.79 Å². The van der Waals surface area contributed by atoms with Gasteiger partial charge in [0.25, 0.3) is 0 Å². The summed E-state index contributed by atoms with van der Waals surface area (Å²) < 4.78 is 0. The second-order valence-corrected chi connectivity index (χ2v) is 6.59. The van der Waals surface area contributed by atoms with E-state index in [4.69, 9.17) is 5.11 Å². The van der Waals surface area contributed by atoms with Crippen molar-refractivity contribution >= 4 is 6.08 Å². The minimum absolute atomic E-state index is 0.250. The fourth-order valence-corrected chi connectivity index (χ4v) is 2.78. The molecule has 0 spiro atoms. The minimum atomic E-state index is 0.250. The van der Waals surface area contributed by atoms with E-state index in [9.17, 15) is 4.79 Å². The highest BCUT2D eigenvalue weighted by Crippen LogP contribution is 2.13. The van der Waals surface area contributed by atoms with Crippen LogP contribution in [0.15, 0.2) is 4.99 Å². The molecule has 0 rings (SSSR count). The number of unbranched alkanes of at least 4 members (excludes halogenated alkanes) is 15. The summed E-state index contributed by atoms with van der Waals surface area (Å²) in [6.45, 7) is 4.88. The number of rotatable bonds is 17. The van der Waals surface area contributed by atoms with Crippen molar-refractivity contribution in [2.24, 2.45) is 4.99 Å². The average molecular weight is 342 g/mol. The van der Waals surface area contributed by atoms with Crippen molar-refractivity contribution < 1.29 is 9.90 Å². The van der Waals surface area contributed by atoms with E-state index in [-0.39, 0.29) is 6.61 Å². The molecule has 24 heavy (non-hydrogen) atoms. The molecule has 0 atom stereocenters. The van der Waals surface area contributed by atoms with E-state index >= 15 is 0 Å². The summed E-state index contributed by atoms with van der Waals surface area (Å²) in [7, 11) is 0. The molecule has 0 aliphatic heterocycles. The van der Waals surface area contributed by atoms with Crippen LogP contribution in [0.2, 0.25) is 0 Å². The number of hydrogen-bond acceptors (Lipinski definition) is 3. The molecule has 0 fully saturated rings. The third-order valence-corrected chi connectivity index (χ3v) is 4.19. The van der Waals surface area contributed by atoms with Crippen LogP contribution in [0.3, 0.4) is 0 Å². The number of isocyanates is 1. The van der Waals surface area contributed by atoms with Gasteiger partial charge < -0.3 is 5.11 Å². The molecule has 144 valence electrons. The normalized spacial score (nSPS) is 9.96. The van der Waals surface area contributed by atoms with E-state index in [1.54, 1.807) is 13.0 Å². The molecule has 0 unspecified atom stereocenters. The Morgan fingerprint density at radius 2 is 0.917 bits per heavy atom. The van der Waals surface area contributed by atoms with Gasteiger partial charge in [-0.05, 0) is 13.3 Å². The molecule has 0 bridgehead atoms. The fraction of sp³-hybridized carbons (Fsp3) is 0.952. The summed E-state index contributed by atoms with van der Waals surface area (Å²) in [5.41, 5.74) is 0. The van der Waals surface area contributed by atoms with Gasteiger partial charge in [0.15, 0.2) is 0 Å². The lowest BCUT2D eigenvalue weighted by Crippen LogP contribution is -1.84. The molecule has 0 aromatic carbocycles. The maximum absolute atomic E-state index is 9.87. The van der Waals surface area contributed by atoms with Gasteiger partial charge in [-0.2, -0.15) is 0 Å². The monoisotopic (exact) mass is 341 g/mol. The summed E-state index contributed by atoms with van der Waals surface area (Å²) in [5, 5.41) is 7.57. The highest BCUT2D eigenvalue weighted by atomic mass is 16.2.